The predicted octanol–water partition coefficient (Wildman–Crippen LogP) is 3.95. The van der Waals surface area contributed by atoms with Crippen molar-refractivity contribution in [3.8, 4) is 0 Å². The molecular weight excluding hydrogens is 320 g/mol. The van der Waals surface area contributed by atoms with Crippen LogP contribution in [-0.2, 0) is 24.1 Å². The van der Waals surface area contributed by atoms with Gasteiger partial charge in [0, 0.05) is 29.4 Å². The SMILES string of the molecule is O=C(Cc1cccs1)N1CCC(c2onc3c2CCCCC3)CC1. The Morgan fingerprint density at radius 2 is 2.08 bits per heavy atom. The van der Waals surface area contributed by atoms with Gasteiger partial charge in [0.15, 0.2) is 0 Å². The average Bonchev–Trinajstić information content (AvgIpc) is 3.20. The van der Waals surface area contributed by atoms with E-state index >= 15 is 0 Å². The maximum Gasteiger partial charge on any atom is 0.227 e. The molecule has 0 aromatic carbocycles. The Morgan fingerprint density at radius 1 is 1.25 bits per heavy atom. The van der Waals surface area contributed by atoms with Crippen molar-refractivity contribution >= 4 is 17.2 Å². The van der Waals surface area contributed by atoms with Crippen LogP contribution in [0.3, 0.4) is 0 Å². The first-order chi connectivity index (χ1) is 11.8. The van der Waals surface area contributed by atoms with Gasteiger partial charge in [0.25, 0.3) is 0 Å². The van der Waals surface area contributed by atoms with E-state index in [9.17, 15) is 4.79 Å². The van der Waals surface area contributed by atoms with Crippen LogP contribution in [0.25, 0.3) is 0 Å². The van der Waals surface area contributed by atoms with Crippen LogP contribution >= 0.6 is 11.3 Å². The molecule has 0 radical (unpaired) electrons. The average molecular weight is 344 g/mol. The molecule has 0 bridgehead atoms. The first kappa shape index (κ1) is 15.9. The third-order valence-corrected chi connectivity index (χ3v) is 6.24. The van der Waals surface area contributed by atoms with Crippen molar-refractivity contribution in [3.63, 3.8) is 0 Å². The van der Waals surface area contributed by atoms with Gasteiger partial charge in [0.2, 0.25) is 5.91 Å². The summed E-state index contributed by atoms with van der Waals surface area (Å²) >= 11 is 1.66. The third kappa shape index (κ3) is 3.27. The van der Waals surface area contributed by atoms with Crippen LogP contribution < -0.4 is 0 Å². The van der Waals surface area contributed by atoms with E-state index in [1.165, 1.54) is 30.5 Å². The molecule has 0 N–H and O–H groups in total. The maximum atomic E-state index is 12.4. The molecule has 0 spiro atoms. The molecule has 1 aliphatic heterocycles. The molecule has 4 nitrogen and oxygen atoms in total. The molecule has 3 heterocycles. The van der Waals surface area contributed by atoms with Gasteiger partial charge in [-0.05, 0) is 50.0 Å². The highest BCUT2D eigenvalue weighted by molar-refractivity contribution is 7.10. The molecule has 4 rings (SSSR count). The molecule has 2 aliphatic rings. The normalized spacial score (nSPS) is 19.1. The van der Waals surface area contributed by atoms with E-state index in [-0.39, 0.29) is 5.91 Å². The molecular formula is C19H24N2O2S. The topological polar surface area (TPSA) is 46.3 Å². The second-order valence-electron chi connectivity index (χ2n) is 6.94. The van der Waals surface area contributed by atoms with Gasteiger partial charge in [-0.2, -0.15) is 0 Å². The molecule has 1 fully saturated rings. The summed E-state index contributed by atoms with van der Waals surface area (Å²) in [6, 6.07) is 4.05. The lowest BCUT2D eigenvalue weighted by molar-refractivity contribution is -0.131. The van der Waals surface area contributed by atoms with E-state index in [4.69, 9.17) is 4.52 Å². The molecule has 0 atom stereocenters. The lowest BCUT2D eigenvalue weighted by atomic mass is 9.90. The van der Waals surface area contributed by atoms with Crippen LogP contribution in [0, 0.1) is 0 Å². The highest BCUT2D eigenvalue weighted by atomic mass is 32.1. The number of piperidine rings is 1. The number of hydrogen-bond acceptors (Lipinski definition) is 4. The van der Waals surface area contributed by atoms with Gasteiger partial charge in [-0.15, -0.1) is 11.3 Å². The Balaban J connectivity index is 1.38. The van der Waals surface area contributed by atoms with Gasteiger partial charge in [0.1, 0.15) is 5.76 Å². The minimum Gasteiger partial charge on any atom is -0.361 e. The zero-order valence-electron chi connectivity index (χ0n) is 14.0. The van der Waals surface area contributed by atoms with Crippen molar-refractivity contribution in [2.24, 2.45) is 0 Å². The van der Waals surface area contributed by atoms with Crippen LogP contribution in [-0.4, -0.2) is 29.1 Å². The van der Waals surface area contributed by atoms with Gasteiger partial charge in [-0.25, -0.2) is 0 Å². The van der Waals surface area contributed by atoms with E-state index in [0.29, 0.717) is 12.3 Å². The van der Waals surface area contributed by atoms with E-state index in [0.717, 1.165) is 49.4 Å². The molecule has 1 amide bonds. The summed E-state index contributed by atoms with van der Waals surface area (Å²) < 4.78 is 5.74. The summed E-state index contributed by atoms with van der Waals surface area (Å²) in [5.74, 6) is 1.81. The molecule has 1 aliphatic carbocycles. The number of carbonyl (C=O) groups excluding carboxylic acids is 1. The van der Waals surface area contributed by atoms with Crippen molar-refractivity contribution in [3.05, 3.63) is 39.4 Å². The fraction of sp³-hybridized carbons (Fsp3) is 0.579. The summed E-state index contributed by atoms with van der Waals surface area (Å²) in [4.78, 5) is 15.6. The van der Waals surface area contributed by atoms with Gasteiger partial charge >= 0.3 is 0 Å². The second-order valence-corrected chi connectivity index (χ2v) is 7.98. The summed E-state index contributed by atoms with van der Waals surface area (Å²) in [7, 11) is 0. The Kier molecular flexibility index (Phi) is 4.69. The van der Waals surface area contributed by atoms with Crippen molar-refractivity contribution in [1.29, 1.82) is 0 Å². The number of thiophene rings is 1. The predicted molar refractivity (Wildman–Crippen MR) is 94.3 cm³/mol. The minimum atomic E-state index is 0.257. The number of aryl methyl sites for hydroxylation is 1. The number of amides is 1. The molecule has 128 valence electrons. The van der Waals surface area contributed by atoms with Gasteiger partial charge in [-0.3, -0.25) is 4.79 Å². The van der Waals surface area contributed by atoms with Crippen LogP contribution in [0.1, 0.15) is 59.9 Å². The van der Waals surface area contributed by atoms with Crippen molar-refractivity contribution in [1.82, 2.24) is 10.1 Å². The molecule has 5 heteroatoms. The number of aromatic nitrogens is 1. The van der Waals surface area contributed by atoms with Gasteiger partial charge in [0.05, 0.1) is 12.1 Å². The summed E-state index contributed by atoms with van der Waals surface area (Å²) in [6.45, 7) is 1.68. The minimum absolute atomic E-state index is 0.257. The van der Waals surface area contributed by atoms with Crippen molar-refractivity contribution in [2.75, 3.05) is 13.1 Å². The molecule has 2 aromatic rings. The van der Waals surface area contributed by atoms with E-state index in [2.05, 4.69) is 5.16 Å². The smallest absolute Gasteiger partial charge is 0.227 e. The van der Waals surface area contributed by atoms with Crippen LogP contribution in [0.2, 0.25) is 0 Å². The number of hydrogen-bond donors (Lipinski definition) is 0. The zero-order chi connectivity index (χ0) is 16.4. The fourth-order valence-corrected chi connectivity index (χ4v) is 4.67. The number of carbonyl (C=O) groups is 1. The van der Waals surface area contributed by atoms with Crippen LogP contribution in [0.4, 0.5) is 0 Å². The lowest BCUT2D eigenvalue weighted by Crippen LogP contribution is -2.38. The van der Waals surface area contributed by atoms with Gasteiger partial charge < -0.3 is 9.42 Å². The Hall–Kier alpha value is -1.62. The molecule has 0 saturated carbocycles. The molecule has 0 unspecified atom stereocenters. The quantitative estimate of drug-likeness (QED) is 0.792. The zero-order valence-corrected chi connectivity index (χ0v) is 14.8. The fourth-order valence-electron chi connectivity index (χ4n) is 3.98. The highest BCUT2D eigenvalue weighted by Crippen LogP contribution is 2.34. The first-order valence-electron chi connectivity index (χ1n) is 9.09. The van der Waals surface area contributed by atoms with Crippen molar-refractivity contribution < 1.29 is 9.32 Å². The number of rotatable bonds is 3. The molecule has 2 aromatic heterocycles. The van der Waals surface area contributed by atoms with E-state index in [1.54, 1.807) is 11.3 Å². The Labute approximate surface area is 146 Å². The van der Waals surface area contributed by atoms with Crippen LogP contribution in [0.5, 0.6) is 0 Å². The first-order valence-corrected chi connectivity index (χ1v) is 9.96. The summed E-state index contributed by atoms with van der Waals surface area (Å²) in [5, 5.41) is 6.37. The molecule has 1 saturated heterocycles. The molecule has 24 heavy (non-hydrogen) atoms. The Morgan fingerprint density at radius 3 is 2.88 bits per heavy atom. The number of likely N-dealkylation sites (tertiary alicyclic amines) is 1. The second kappa shape index (κ2) is 7.09. The van der Waals surface area contributed by atoms with E-state index < -0.39 is 0 Å². The lowest BCUT2D eigenvalue weighted by Gasteiger charge is -2.31. The van der Waals surface area contributed by atoms with Gasteiger partial charge in [-0.1, -0.05) is 17.6 Å². The van der Waals surface area contributed by atoms with Crippen molar-refractivity contribution in [2.45, 2.75) is 57.3 Å². The summed E-state index contributed by atoms with van der Waals surface area (Å²) in [6.07, 6.45) is 8.50. The maximum absolute atomic E-state index is 12.4. The summed E-state index contributed by atoms with van der Waals surface area (Å²) in [5.41, 5.74) is 2.58. The third-order valence-electron chi connectivity index (χ3n) is 5.36. The monoisotopic (exact) mass is 344 g/mol. The Bertz CT molecular complexity index is 684. The van der Waals surface area contributed by atoms with Crippen LogP contribution in [0.15, 0.2) is 22.0 Å². The number of nitrogens with zero attached hydrogens (tertiary/aromatic N) is 2. The highest BCUT2D eigenvalue weighted by Gasteiger charge is 2.29. The van der Waals surface area contributed by atoms with E-state index in [1.807, 2.05) is 22.4 Å². The largest absolute Gasteiger partial charge is 0.361 e. The standard InChI is InChI=1S/C19H24N2O2S/c22-18(13-15-5-4-12-24-15)21-10-8-14(9-11-21)19-16-6-2-1-3-7-17(16)20-23-19/h4-5,12,14H,1-3,6-11,13H2. The number of fused-ring (bicyclic) bond motifs is 1.